The molecule has 0 heterocycles. The number of likely N-dealkylation sites (N-methyl/N-ethyl adjacent to an activating group) is 1. The van der Waals surface area contributed by atoms with Crippen LogP contribution in [0.2, 0.25) is 0 Å². The summed E-state index contributed by atoms with van der Waals surface area (Å²) >= 11 is 3.39. The second kappa shape index (κ2) is 5.78. The van der Waals surface area contributed by atoms with E-state index in [1.807, 2.05) is 24.3 Å². The topological polar surface area (TPSA) is 41.1 Å². The summed E-state index contributed by atoms with van der Waals surface area (Å²) in [5.74, 6) is -0.00000295. The van der Waals surface area contributed by atoms with Crippen molar-refractivity contribution >= 4 is 21.8 Å². The summed E-state index contributed by atoms with van der Waals surface area (Å²) < 4.78 is 1.05. The first-order valence-corrected chi connectivity index (χ1v) is 5.17. The maximum Gasteiger partial charge on any atom is 0.233 e. The largest absolute Gasteiger partial charge is 0.358 e. The first-order chi connectivity index (χ1) is 6.72. The summed E-state index contributed by atoms with van der Waals surface area (Å²) in [5.41, 5.74) is 1.16. The molecule has 4 heteroatoms. The van der Waals surface area contributed by atoms with Crippen LogP contribution >= 0.6 is 15.9 Å². The highest BCUT2D eigenvalue weighted by atomic mass is 79.9. The van der Waals surface area contributed by atoms with Crippen molar-refractivity contribution in [1.29, 1.82) is 0 Å². The van der Waals surface area contributed by atoms with Crippen molar-refractivity contribution in [2.75, 3.05) is 13.6 Å². The first-order valence-electron chi connectivity index (χ1n) is 4.38. The van der Waals surface area contributed by atoms with Gasteiger partial charge in [-0.3, -0.25) is 4.79 Å². The van der Waals surface area contributed by atoms with Crippen LogP contribution in [0.3, 0.4) is 0 Å². The number of halogens is 1. The van der Waals surface area contributed by atoms with Gasteiger partial charge >= 0.3 is 0 Å². The Balaban J connectivity index is 2.35. The van der Waals surface area contributed by atoms with Crippen molar-refractivity contribution in [3.63, 3.8) is 0 Å². The van der Waals surface area contributed by atoms with E-state index in [2.05, 4.69) is 26.6 Å². The Kier molecular flexibility index (Phi) is 4.62. The van der Waals surface area contributed by atoms with Gasteiger partial charge in [-0.15, -0.1) is 0 Å². The van der Waals surface area contributed by atoms with Gasteiger partial charge in [-0.2, -0.15) is 0 Å². The lowest BCUT2D eigenvalue weighted by atomic mass is 10.2. The number of benzene rings is 1. The summed E-state index contributed by atoms with van der Waals surface area (Å²) in [6.07, 6.45) is 0. The number of amides is 1. The summed E-state index contributed by atoms with van der Waals surface area (Å²) in [4.78, 5) is 10.9. The molecule has 0 aliphatic carbocycles. The Hall–Kier alpha value is -0.870. The van der Waals surface area contributed by atoms with Crippen LogP contribution in [-0.2, 0) is 11.3 Å². The summed E-state index contributed by atoms with van der Waals surface area (Å²) in [6, 6.07) is 7.99. The van der Waals surface area contributed by atoms with Crippen LogP contribution in [0.25, 0.3) is 0 Å². The van der Waals surface area contributed by atoms with Crippen LogP contribution < -0.4 is 10.6 Å². The zero-order valence-electron chi connectivity index (χ0n) is 8.01. The van der Waals surface area contributed by atoms with Crippen LogP contribution in [-0.4, -0.2) is 19.5 Å². The minimum Gasteiger partial charge on any atom is -0.358 e. The van der Waals surface area contributed by atoms with E-state index < -0.39 is 0 Å². The van der Waals surface area contributed by atoms with Crippen LogP contribution in [0, 0.1) is 0 Å². The van der Waals surface area contributed by atoms with E-state index in [1.54, 1.807) is 7.05 Å². The summed E-state index contributed by atoms with van der Waals surface area (Å²) in [5, 5.41) is 5.60. The summed E-state index contributed by atoms with van der Waals surface area (Å²) in [6.45, 7) is 1.05. The van der Waals surface area contributed by atoms with Gasteiger partial charge in [-0.1, -0.05) is 28.1 Å². The molecule has 0 aliphatic rings. The second-order valence-corrected chi connectivity index (χ2v) is 3.82. The normalized spacial score (nSPS) is 9.86. The van der Waals surface area contributed by atoms with Crippen LogP contribution in [0.4, 0.5) is 0 Å². The number of hydrogen-bond donors (Lipinski definition) is 2. The van der Waals surface area contributed by atoms with Crippen molar-refractivity contribution in [2.24, 2.45) is 0 Å². The Morgan fingerprint density at radius 1 is 1.50 bits per heavy atom. The fourth-order valence-corrected chi connectivity index (χ4v) is 1.50. The van der Waals surface area contributed by atoms with E-state index in [9.17, 15) is 4.79 Å². The van der Waals surface area contributed by atoms with Gasteiger partial charge in [0.25, 0.3) is 0 Å². The van der Waals surface area contributed by atoms with E-state index in [-0.39, 0.29) is 5.91 Å². The Labute approximate surface area is 92.0 Å². The van der Waals surface area contributed by atoms with Gasteiger partial charge in [0.05, 0.1) is 6.54 Å². The molecule has 1 aromatic rings. The smallest absolute Gasteiger partial charge is 0.233 e. The van der Waals surface area contributed by atoms with Gasteiger partial charge in [0, 0.05) is 18.1 Å². The van der Waals surface area contributed by atoms with Gasteiger partial charge in [-0.05, 0) is 17.7 Å². The lowest BCUT2D eigenvalue weighted by Crippen LogP contribution is -2.30. The molecule has 76 valence electrons. The van der Waals surface area contributed by atoms with Crippen molar-refractivity contribution in [2.45, 2.75) is 6.54 Å². The van der Waals surface area contributed by atoms with Crippen molar-refractivity contribution in [3.05, 3.63) is 34.3 Å². The third-order valence-electron chi connectivity index (χ3n) is 1.78. The molecule has 0 bridgehead atoms. The third-order valence-corrected chi connectivity index (χ3v) is 2.28. The summed E-state index contributed by atoms with van der Waals surface area (Å²) in [7, 11) is 1.63. The quantitative estimate of drug-likeness (QED) is 0.853. The number of nitrogens with one attached hydrogen (secondary N) is 2. The Morgan fingerprint density at radius 3 is 2.93 bits per heavy atom. The van der Waals surface area contributed by atoms with E-state index in [0.29, 0.717) is 13.1 Å². The van der Waals surface area contributed by atoms with Crippen LogP contribution in [0.15, 0.2) is 28.7 Å². The highest BCUT2D eigenvalue weighted by molar-refractivity contribution is 9.10. The molecule has 1 aromatic carbocycles. The van der Waals surface area contributed by atoms with Crippen LogP contribution in [0.1, 0.15) is 5.56 Å². The molecule has 0 radical (unpaired) electrons. The molecule has 0 spiro atoms. The lowest BCUT2D eigenvalue weighted by Gasteiger charge is -2.04. The lowest BCUT2D eigenvalue weighted by molar-refractivity contribution is -0.119. The molecule has 2 N–H and O–H groups in total. The maximum atomic E-state index is 10.9. The van der Waals surface area contributed by atoms with Gasteiger partial charge in [0.1, 0.15) is 0 Å². The molecule has 0 fully saturated rings. The van der Waals surface area contributed by atoms with E-state index in [0.717, 1.165) is 10.0 Å². The minimum absolute atomic E-state index is 0.00000295. The Bertz CT molecular complexity index is 315. The van der Waals surface area contributed by atoms with Crippen molar-refractivity contribution < 1.29 is 4.79 Å². The molecule has 1 rings (SSSR count). The van der Waals surface area contributed by atoms with Gasteiger partial charge in [0.2, 0.25) is 5.91 Å². The first kappa shape index (κ1) is 11.2. The molecule has 0 saturated carbocycles. The van der Waals surface area contributed by atoms with Gasteiger partial charge < -0.3 is 10.6 Å². The third kappa shape index (κ3) is 3.89. The average Bonchev–Trinajstić information content (AvgIpc) is 2.17. The number of carbonyl (C=O) groups is 1. The van der Waals surface area contributed by atoms with E-state index in [4.69, 9.17) is 0 Å². The second-order valence-electron chi connectivity index (χ2n) is 2.91. The van der Waals surface area contributed by atoms with Gasteiger partial charge in [-0.25, -0.2) is 0 Å². The molecule has 0 atom stereocenters. The molecule has 0 aromatic heterocycles. The standard InChI is InChI=1S/C10H13BrN2O/c1-12-10(14)7-13-6-8-3-2-4-9(11)5-8/h2-5,13H,6-7H2,1H3,(H,12,14). The van der Waals surface area contributed by atoms with E-state index >= 15 is 0 Å². The number of hydrogen-bond acceptors (Lipinski definition) is 2. The minimum atomic E-state index is -0.00000295. The fraction of sp³-hybridized carbons (Fsp3) is 0.300. The monoisotopic (exact) mass is 256 g/mol. The predicted molar refractivity (Wildman–Crippen MR) is 59.9 cm³/mol. The SMILES string of the molecule is CNC(=O)CNCc1cccc(Br)c1. The predicted octanol–water partition coefficient (Wildman–Crippen LogP) is 1.28. The molecular formula is C10H13BrN2O. The van der Waals surface area contributed by atoms with E-state index in [1.165, 1.54) is 0 Å². The zero-order chi connectivity index (χ0) is 10.4. The van der Waals surface area contributed by atoms with Crippen LogP contribution in [0.5, 0.6) is 0 Å². The molecule has 0 aliphatic heterocycles. The number of carbonyl (C=O) groups excluding carboxylic acids is 1. The van der Waals surface area contributed by atoms with Gasteiger partial charge in [0.15, 0.2) is 0 Å². The molecular weight excluding hydrogens is 244 g/mol. The van der Waals surface area contributed by atoms with Crippen molar-refractivity contribution in [1.82, 2.24) is 10.6 Å². The maximum absolute atomic E-state index is 10.9. The molecule has 0 unspecified atom stereocenters. The molecule has 0 saturated heterocycles. The molecule has 1 amide bonds. The number of rotatable bonds is 4. The highest BCUT2D eigenvalue weighted by Gasteiger charge is 1.97. The zero-order valence-corrected chi connectivity index (χ0v) is 9.60. The van der Waals surface area contributed by atoms with Crippen molar-refractivity contribution in [3.8, 4) is 0 Å². The Morgan fingerprint density at radius 2 is 2.29 bits per heavy atom. The molecule has 14 heavy (non-hydrogen) atoms. The fourth-order valence-electron chi connectivity index (χ4n) is 1.06. The average molecular weight is 257 g/mol. The highest BCUT2D eigenvalue weighted by Crippen LogP contribution is 2.10. The molecule has 3 nitrogen and oxygen atoms in total.